The standard InChI is InChI=1S/C22H24N4O3S/c1-25-20-15(18(24-25)14-6-3-2-4-7-14)12-16(30-20)19(28)26-11-8-17(27)22(13-26)9-5-10-23-21(22)29/h2-4,6-7,12,17,27H,5,8-11,13H2,1H3,(H,23,29)/t17-,22-/m1/s1. The molecule has 2 atom stereocenters. The molecule has 0 radical (unpaired) electrons. The smallest absolute Gasteiger partial charge is 0.264 e. The Hall–Kier alpha value is -2.71. The Morgan fingerprint density at radius 2 is 2.13 bits per heavy atom. The quantitative estimate of drug-likeness (QED) is 0.661. The number of likely N-dealkylation sites (tertiary alicyclic amines) is 1. The van der Waals surface area contributed by atoms with Gasteiger partial charge in [0.1, 0.15) is 10.5 Å². The second-order valence-corrected chi connectivity index (χ2v) is 9.25. The van der Waals surface area contributed by atoms with Crippen LogP contribution >= 0.6 is 11.3 Å². The normalized spacial score (nSPS) is 24.4. The highest BCUT2D eigenvalue weighted by atomic mass is 32.1. The molecule has 2 N–H and O–H groups in total. The van der Waals surface area contributed by atoms with Gasteiger partial charge >= 0.3 is 0 Å². The Kier molecular flexibility index (Phi) is 4.63. The molecule has 2 aliphatic rings. The van der Waals surface area contributed by atoms with Crippen molar-refractivity contribution in [1.82, 2.24) is 20.0 Å². The summed E-state index contributed by atoms with van der Waals surface area (Å²) in [5.41, 5.74) is 0.985. The first kappa shape index (κ1) is 19.3. The van der Waals surface area contributed by atoms with Crippen molar-refractivity contribution >= 4 is 33.4 Å². The zero-order valence-corrected chi connectivity index (χ0v) is 17.6. The van der Waals surface area contributed by atoms with E-state index in [0.717, 1.165) is 27.9 Å². The third-order valence-electron chi connectivity index (χ3n) is 6.38. The molecule has 2 aromatic heterocycles. The number of benzene rings is 1. The zero-order chi connectivity index (χ0) is 20.9. The minimum Gasteiger partial charge on any atom is -0.392 e. The van der Waals surface area contributed by atoms with Gasteiger partial charge in [0.25, 0.3) is 5.91 Å². The molecule has 5 rings (SSSR count). The van der Waals surface area contributed by atoms with Crippen LogP contribution in [-0.2, 0) is 11.8 Å². The topological polar surface area (TPSA) is 87.5 Å². The van der Waals surface area contributed by atoms with Crippen molar-refractivity contribution in [3.8, 4) is 11.3 Å². The van der Waals surface area contributed by atoms with Gasteiger partial charge in [-0.15, -0.1) is 11.3 Å². The van der Waals surface area contributed by atoms with E-state index < -0.39 is 11.5 Å². The fraction of sp³-hybridized carbons (Fsp3) is 0.409. The fourth-order valence-corrected chi connectivity index (χ4v) is 5.77. The molecule has 0 unspecified atom stereocenters. The lowest BCUT2D eigenvalue weighted by Crippen LogP contribution is -2.62. The molecule has 0 aliphatic carbocycles. The minimum atomic E-state index is -0.889. The number of carbonyl (C=O) groups excluding carboxylic acids is 2. The number of fused-ring (bicyclic) bond motifs is 1. The van der Waals surface area contributed by atoms with Crippen molar-refractivity contribution in [3.05, 3.63) is 41.3 Å². The van der Waals surface area contributed by atoms with E-state index >= 15 is 0 Å². The van der Waals surface area contributed by atoms with Gasteiger partial charge in [0, 0.05) is 37.6 Å². The average Bonchev–Trinajstić information content (AvgIpc) is 3.33. The van der Waals surface area contributed by atoms with Crippen molar-refractivity contribution in [2.75, 3.05) is 19.6 Å². The lowest BCUT2D eigenvalue weighted by atomic mass is 9.71. The van der Waals surface area contributed by atoms with E-state index in [1.54, 1.807) is 4.90 Å². The Morgan fingerprint density at radius 3 is 2.90 bits per heavy atom. The number of hydrogen-bond acceptors (Lipinski definition) is 5. The van der Waals surface area contributed by atoms with Crippen LogP contribution in [0.4, 0.5) is 0 Å². The summed E-state index contributed by atoms with van der Waals surface area (Å²) in [6.45, 7) is 1.34. The molecule has 0 saturated carbocycles. The van der Waals surface area contributed by atoms with Crippen molar-refractivity contribution in [2.24, 2.45) is 12.5 Å². The predicted octanol–water partition coefficient (Wildman–Crippen LogP) is 2.41. The minimum absolute atomic E-state index is 0.0835. The molecule has 3 aromatic rings. The van der Waals surface area contributed by atoms with Gasteiger partial charge in [0.05, 0.1) is 16.4 Å². The molecule has 7 nitrogen and oxygen atoms in total. The highest BCUT2D eigenvalue weighted by Crippen LogP contribution is 2.39. The van der Waals surface area contributed by atoms with E-state index in [2.05, 4.69) is 10.4 Å². The van der Waals surface area contributed by atoms with Gasteiger partial charge in [0.15, 0.2) is 0 Å². The van der Waals surface area contributed by atoms with E-state index in [1.165, 1.54) is 11.3 Å². The lowest BCUT2D eigenvalue weighted by Gasteiger charge is -2.46. The van der Waals surface area contributed by atoms with E-state index in [1.807, 2.05) is 48.1 Å². The molecule has 4 heterocycles. The van der Waals surface area contributed by atoms with Crippen LogP contribution in [0.2, 0.25) is 0 Å². The summed E-state index contributed by atoms with van der Waals surface area (Å²) in [6, 6.07) is 11.9. The van der Waals surface area contributed by atoms with Crippen LogP contribution in [0.1, 0.15) is 28.9 Å². The summed E-state index contributed by atoms with van der Waals surface area (Å²) in [7, 11) is 1.89. The average molecular weight is 425 g/mol. The van der Waals surface area contributed by atoms with Crippen molar-refractivity contribution in [1.29, 1.82) is 0 Å². The van der Waals surface area contributed by atoms with Crippen LogP contribution in [0.25, 0.3) is 21.5 Å². The second-order valence-electron chi connectivity index (χ2n) is 8.21. The summed E-state index contributed by atoms with van der Waals surface area (Å²) in [6.07, 6.45) is 1.14. The Bertz CT molecular complexity index is 1120. The molecule has 1 spiro atoms. The first-order valence-corrected chi connectivity index (χ1v) is 11.1. The number of aliphatic hydroxyl groups excluding tert-OH is 1. The number of hydrogen-bond donors (Lipinski definition) is 2. The first-order chi connectivity index (χ1) is 14.5. The molecule has 2 amide bonds. The summed E-state index contributed by atoms with van der Waals surface area (Å²) >= 11 is 1.42. The van der Waals surface area contributed by atoms with Gasteiger partial charge in [-0.3, -0.25) is 14.3 Å². The number of aliphatic hydroxyl groups is 1. The molecule has 1 aromatic carbocycles. The van der Waals surface area contributed by atoms with Crippen LogP contribution in [0.3, 0.4) is 0 Å². The third-order valence-corrected chi connectivity index (χ3v) is 7.57. The molecule has 156 valence electrons. The van der Waals surface area contributed by atoms with E-state index in [9.17, 15) is 14.7 Å². The number of nitrogens with zero attached hydrogens (tertiary/aromatic N) is 3. The molecule has 2 saturated heterocycles. The van der Waals surface area contributed by atoms with Crippen molar-refractivity contribution in [2.45, 2.75) is 25.4 Å². The van der Waals surface area contributed by atoms with Crippen LogP contribution in [0, 0.1) is 5.41 Å². The summed E-state index contributed by atoms with van der Waals surface area (Å²) in [4.78, 5) is 29.3. The SMILES string of the molecule is Cn1nc(-c2ccccc2)c2cc(C(=O)N3CC[C@@H](O)[C@@]4(CCCNC4=O)C3)sc21. The predicted molar refractivity (Wildman–Crippen MR) is 115 cm³/mol. The highest BCUT2D eigenvalue weighted by Gasteiger charge is 2.50. The van der Waals surface area contributed by atoms with Crippen LogP contribution in [-0.4, -0.2) is 57.3 Å². The van der Waals surface area contributed by atoms with E-state index in [4.69, 9.17) is 0 Å². The van der Waals surface area contributed by atoms with Crippen LogP contribution in [0.15, 0.2) is 36.4 Å². The molecule has 30 heavy (non-hydrogen) atoms. The number of aromatic nitrogens is 2. The second kappa shape index (κ2) is 7.21. The number of aryl methyl sites for hydroxylation is 1. The van der Waals surface area contributed by atoms with Gasteiger partial charge in [-0.2, -0.15) is 5.10 Å². The molecule has 2 aliphatic heterocycles. The maximum Gasteiger partial charge on any atom is 0.264 e. The van der Waals surface area contributed by atoms with Crippen LogP contribution in [0.5, 0.6) is 0 Å². The number of thiophene rings is 1. The van der Waals surface area contributed by atoms with Crippen molar-refractivity contribution < 1.29 is 14.7 Å². The van der Waals surface area contributed by atoms with Gasteiger partial charge in [-0.1, -0.05) is 30.3 Å². The summed E-state index contributed by atoms with van der Waals surface area (Å²) in [5, 5.41) is 19.1. The van der Waals surface area contributed by atoms with Gasteiger partial charge in [0.2, 0.25) is 5.91 Å². The number of carbonyl (C=O) groups is 2. The maximum atomic E-state index is 13.4. The van der Waals surface area contributed by atoms with Crippen LogP contribution < -0.4 is 5.32 Å². The van der Waals surface area contributed by atoms with Gasteiger partial charge in [-0.05, 0) is 25.3 Å². The largest absolute Gasteiger partial charge is 0.392 e. The summed E-state index contributed by atoms with van der Waals surface area (Å²) in [5.74, 6) is -0.217. The Morgan fingerprint density at radius 1 is 1.33 bits per heavy atom. The lowest BCUT2D eigenvalue weighted by molar-refractivity contribution is -0.147. The molecule has 0 bridgehead atoms. The highest BCUT2D eigenvalue weighted by molar-refractivity contribution is 7.20. The molecule has 2 fully saturated rings. The number of amides is 2. The number of nitrogens with one attached hydrogen (secondary N) is 1. The van der Waals surface area contributed by atoms with Crippen molar-refractivity contribution in [3.63, 3.8) is 0 Å². The van der Waals surface area contributed by atoms with E-state index in [0.29, 0.717) is 30.8 Å². The fourth-order valence-electron chi connectivity index (χ4n) is 4.73. The Labute approximate surface area is 178 Å². The van der Waals surface area contributed by atoms with E-state index in [-0.39, 0.29) is 18.4 Å². The number of piperidine rings is 2. The Balaban J connectivity index is 1.47. The van der Waals surface area contributed by atoms with Gasteiger partial charge < -0.3 is 15.3 Å². The van der Waals surface area contributed by atoms with Gasteiger partial charge in [-0.25, -0.2) is 0 Å². The third kappa shape index (κ3) is 2.94. The number of rotatable bonds is 2. The molecular formula is C22H24N4O3S. The molecular weight excluding hydrogens is 400 g/mol. The zero-order valence-electron chi connectivity index (χ0n) is 16.8. The molecule has 8 heteroatoms. The first-order valence-electron chi connectivity index (χ1n) is 10.3. The monoisotopic (exact) mass is 424 g/mol. The maximum absolute atomic E-state index is 13.4. The summed E-state index contributed by atoms with van der Waals surface area (Å²) < 4.78 is 1.81.